The van der Waals surface area contributed by atoms with E-state index < -0.39 is 0 Å². The van der Waals surface area contributed by atoms with Crippen molar-refractivity contribution < 1.29 is 9.13 Å². The molecule has 0 spiro atoms. The van der Waals surface area contributed by atoms with Crippen LogP contribution in [0.3, 0.4) is 0 Å². The molecule has 108 valence electrons. The predicted molar refractivity (Wildman–Crippen MR) is 81.2 cm³/mol. The molecule has 2 N–H and O–H groups in total. The predicted octanol–water partition coefficient (Wildman–Crippen LogP) is 3.61. The lowest BCUT2D eigenvalue weighted by Gasteiger charge is -2.13. The van der Waals surface area contributed by atoms with Crippen LogP contribution in [0.2, 0.25) is 4.47 Å². The van der Waals surface area contributed by atoms with E-state index in [1.807, 2.05) is 0 Å². The molecule has 1 aromatic heterocycles. The zero-order valence-corrected chi connectivity index (χ0v) is 12.5. The Balaban J connectivity index is 2.02. The summed E-state index contributed by atoms with van der Waals surface area (Å²) in [5.74, 6) is -0.285. The molecule has 2 rings (SSSR count). The molecule has 0 aliphatic rings. The van der Waals surface area contributed by atoms with Crippen LogP contribution in [0.4, 0.5) is 15.8 Å². The maximum absolute atomic E-state index is 13.3. The van der Waals surface area contributed by atoms with Crippen LogP contribution in [0.25, 0.3) is 0 Å². The smallest absolute Gasteiger partial charge is 0.183 e. The highest BCUT2D eigenvalue weighted by molar-refractivity contribution is 7.15. The van der Waals surface area contributed by atoms with Gasteiger partial charge in [0.05, 0.1) is 24.5 Å². The van der Waals surface area contributed by atoms with Gasteiger partial charge >= 0.3 is 0 Å². The molecule has 0 aliphatic carbocycles. The van der Waals surface area contributed by atoms with Crippen molar-refractivity contribution in [3.63, 3.8) is 0 Å². The number of thiazole rings is 1. The van der Waals surface area contributed by atoms with Crippen molar-refractivity contribution in [1.29, 1.82) is 0 Å². The number of anilines is 2. The maximum Gasteiger partial charge on any atom is 0.183 e. The minimum Gasteiger partial charge on any atom is -0.383 e. The van der Waals surface area contributed by atoms with Crippen LogP contribution in [-0.4, -0.2) is 25.2 Å². The molecular formula is C13H15ClFN3OS. The van der Waals surface area contributed by atoms with E-state index in [1.54, 1.807) is 19.4 Å². The minimum absolute atomic E-state index is 0.285. The van der Waals surface area contributed by atoms with Gasteiger partial charge in [0.25, 0.3) is 0 Å². The molecule has 0 saturated carbocycles. The quantitative estimate of drug-likeness (QED) is 0.766. The number of nitrogens with zero attached hydrogens (tertiary/aromatic N) is 1. The van der Waals surface area contributed by atoms with E-state index in [4.69, 9.17) is 16.3 Å². The monoisotopic (exact) mass is 315 g/mol. The Morgan fingerprint density at radius 2 is 2.20 bits per heavy atom. The summed E-state index contributed by atoms with van der Waals surface area (Å²) in [4.78, 5) is 4.96. The second kappa shape index (κ2) is 7.42. The number of rotatable bonds is 7. The Labute approximate surface area is 125 Å². The number of hydrogen-bond donors (Lipinski definition) is 2. The maximum atomic E-state index is 13.3. The third-order valence-electron chi connectivity index (χ3n) is 2.58. The van der Waals surface area contributed by atoms with Crippen LogP contribution in [0.1, 0.15) is 4.88 Å². The van der Waals surface area contributed by atoms with E-state index in [0.717, 1.165) is 10.6 Å². The summed E-state index contributed by atoms with van der Waals surface area (Å²) in [5, 5.41) is 6.37. The summed E-state index contributed by atoms with van der Waals surface area (Å²) < 4.78 is 18.8. The number of aromatic nitrogens is 1. The van der Waals surface area contributed by atoms with E-state index >= 15 is 0 Å². The number of benzene rings is 1. The number of methoxy groups -OCH3 is 1. The number of hydrogen-bond acceptors (Lipinski definition) is 5. The first-order chi connectivity index (χ1) is 9.69. The molecule has 0 fully saturated rings. The molecule has 7 heteroatoms. The second-order valence-corrected chi connectivity index (χ2v) is 5.74. The first-order valence-electron chi connectivity index (χ1n) is 6.05. The summed E-state index contributed by atoms with van der Waals surface area (Å²) in [6.45, 7) is 1.79. The SMILES string of the molecule is COCCNc1ccc(F)cc1NCc1cnc(Cl)s1. The van der Waals surface area contributed by atoms with Crippen molar-refractivity contribution in [3.05, 3.63) is 39.6 Å². The number of ether oxygens (including phenoxy) is 1. The average Bonchev–Trinajstić information content (AvgIpc) is 2.84. The van der Waals surface area contributed by atoms with Gasteiger partial charge in [-0.25, -0.2) is 9.37 Å². The zero-order valence-electron chi connectivity index (χ0n) is 11.0. The lowest BCUT2D eigenvalue weighted by Crippen LogP contribution is -2.10. The van der Waals surface area contributed by atoms with Gasteiger partial charge in [0, 0.05) is 24.7 Å². The van der Waals surface area contributed by atoms with Crippen molar-refractivity contribution in [2.45, 2.75) is 6.54 Å². The molecule has 0 aliphatic heterocycles. The van der Waals surface area contributed by atoms with E-state index in [2.05, 4.69) is 15.6 Å². The van der Waals surface area contributed by atoms with Crippen LogP contribution >= 0.6 is 22.9 Å². The van der Waals surface area contributed by atoms with E-state index in [0.29, 0.717) is 29.9 Å². The molecule has 0 bridgehead atoms. The van der Waals surface area contributed by atoms with Crippen molar-refractivity contribution >= 4 is 34.3 Å². The molecule has 1 heterocycles. The Bertz CT molecular complexity index is 564. The van der Waals surface area contributed by atoms with Gasteiger partial charge in [-0.05, 0) is 18.2 Å². The van der Waals surface area contributed by atoms with Gasteiger partial charge in [-0.3, -0.25) is 0 Å². The Kier molecular flexibility index (Phi) is 5.58. The summed E-state index contributed by atoms with van der Waals surface area (Å²) in [5.41, 5.74) is 1.53. The van der Waals surface area contributed by atoms with E-state index in [9.17, 15) is 4.39 Å². The first kappa shape index (κ1) is 15.0. The minimum atomic E-state index is -0.285. The van der Waals surface area contributed by atoms with Gasteiger partial charge in [-0.15, -0.1) is 11.3 Å². The number of halogens is 2. The van der Waals surface area contributed by atoms with Crippen LogP contribution in [0.15, 0.2) is 24.4 Å². The molecule has 2 aromatic rings. The van der Waals surface area contributed by atoms with Gasteiger partial charge in [0.2, 0.25) is 0 Å². The third-order valence-corrected chi connectivity index (χ3v) is 3.70. The second-order valence-electron chi connectivity index (χ2n) is 4.04. The largest absolute Gasteiger partial charge is 0.383 e. The molecule has 0 unspecified atom stereocenters. The molecule has 20 heavy (non-hydrogen) atoms. The Morgan fingerprint density at radius 3 is 2.90 bits per heavy atom. The molecule has 1 aromatic carbocycles. The lowest BCUT2D eigenvalue weighted by atomic mass is 10.2. The van der Waals surface area contributed by atoms with Crippen LogP contribution in [-0.2, 0) is 11.3 Å². The number of nitrogens with one attached hydrogen (secondary N) is 2. The topological polar surface area (TPSA) is 46.2 Å². The zero-order chi connectivity index (χ0) is 14.4. The summed E-state index contributed by atoms with van der Waals surface area (Å²) in [7, 11) is 1.64. The average molecular weight is 316 g/mol. The van der Waals surface area contributed by atoms with Crippen LogP contribution in [0.5, 0.6) is 0 Å². The fraction of sp³-hybridized carbons (Fsp3) is 0.308. The summed E-state index contributed by atoms with van der Waals surface area (Å²) in [6.07, 6.45) is 1.71. The van der Waals surface area contributed by atoms with Crippen LogP contribution < -0.4 is 10.6 Å². The molecule has 0 radical (unpaired) electrons. The molecule has 0 amide bonds. The standard InChI is InChI=1S/C13H15ClFN3OS/c1-19-5-4-16-11-3-2-9(15)6-12(11)17-7-10-8-18-13(14)20-10/h2-3,6,8,16-17H,4-5,7H2,1H3. The normalized spacial score (nSPS) is 10.6. The Hall–Kier alpha value is -1.37. The van der Waals surface area contributed by atoms with E-state index in [-0.39, 0.29) is 5.82 Å². The third kappa shape index (κ3) is 4.33. The van der Waals surface area contributed by atoms with Gasteiger partial charge in [0.15, 0.2) is 4.47 Å². The fourth-order valence-corrected chi connectivity index (χ4v) is 2.57. The Morgan fingerprint density at radius 1 is 1.35 bits per heavy atom. The van der Waals surface area contributed by atoms with E-state index in [1.165, 1.54) is 23.5 Å². The summed E-state index contributed by atoms with van der Waals surface area (Å²) in [6, 6.07) is 4.58. The van der Waals surface area contributed by atoms with Crippen molar-refractivity contribution in [3.8, 4) is 0 Å². The summed E-state index contributed by atoms with van der Waals surface area (Å²) >= 11 is 7.17. The van der Waals surface area contributed by atoms with Gasteiger partial charge in [0.1, 0.15) is 5.82 Å². The van der Waals surface area contributed by atoms with Gasteiger partial charge in [-0.2, -0.15) is 0 Å². The molecular weight excluding hydrogens is 301 g/mol. The van der Waals surface area contributed by atoms with Crippen molar-refractivity contribution in [1.82, 2.24) is 4.98 Å². The highest BCUT2D eigenvalue weighted by Gasteiger charge is 2.05. The van der Waals surface area contributed by atoms with Crippen molar-refractivity contribution in [2.24, 2.45) is 0 Å². The highest BCUT2D eigenvalue weighted by Crippen LogP contribution is 2.25. The molecule has 0 saturated heterocycles. The lowest BCUT2D eigenvalue weighted by molar-refractivity contribution is 0.211. The first-order valence-corrected chi connectivity index (χ1v) is 7.25. The van der Waals surface area contributed by atoms with Crippen LogP contribution in [0, 0.1) is 5.82 Å². The molecule has 0 atom stereocenters. The molecule has 4 nitrogen and oxygen atoms in total. The van der Waals surface area contributed by atoms with Crippen molar-refractivity contribution in [2.75, 3.05) is 30.9 Å². The fourth-order valence-electron chi connectivity index (χ4n) is 1.65. The van der Waals surface area contributed by atoms with Gasteiger partial charge in [-0.1, -0.05) is 11.6 Å². The highest BCUT2D eigenvalue weighted by atomic mass is 35.5. The van der Waals surface area contributed by atoms with Gasteiger partial charge < -0.3 is 15.4 Å².